The third-order valence-corrected chi connectivity index (χ3v) is 0.605. The van der Waals surface area contributed by atoms with Crippen LogP contribution in [0.3, 0.4) is 0 Å². The first kappa shape index (κ1) is 6.66. The first-order valence-corrected chi connectivity index (χ1v) is 2.28. The lowest BCUT2D eigenvalue weighted by Crippen LogP contribution is -2.11. The molecule has 7 heavy (non-hydrogen) atoms. The molecule has 0 aliphatic rings. The van der Waals surface area contributed by atoms with Crippen molar-refractivity contribution in [1.29, 1.82) is 0 Å². The van der Waals surface area contributed by atoms with Crippen LogP contribution in [-0.2, 0) is 0 Å². The van der Waals surface area contributed by atoms with Gasteiger partial charge in [0.1, 0.15) is 0 Å². The molecule has 0 aromatic heterocycles. The molecular weight excluding hydrogens is 90.1 g/mol. The van der Waals surface area contributed by atoms with Gasteiger partial charge >= 0.3 is 0 Å². The Labute approximate surface area is 44.0 Å². The molecule has 0 rings (SSSR count). The fourth-order valence-electron chi connectivity index (χ4n) is 0.258. The van der Waals surface area contributed by atoms with Gasteiger partial charge in [-0.05, 0) is 6.92 Å². The molecular formula is C5H11NO. The zero-order valence-corrected chi connectivity index (χ0v) is 4.76. The second-order valence-electron chi connectivity index (χ2n) is 1.41. The van der Waals surface area contributed by atoms with Crippen LogP contribution in [0.15, 0.2) is 12.2 Å². The Morgan fingerprint density at radius 3 is 2.43 bits per heavy atom. The van der Waals surface area contributed by atoms with E-state index >= 15 is 0 Å². The van der Waals surface area contributed by atoms with E-state index in [9.17, 15) is 0 Å². The Morgan fingerprint density at radius 2 is 2.29 bits per heavy atom. The fourth-order valence-corrected chi connectivity index (χ4v) is 0.258. The highest BCUT2D eigenvalue weighted by molar-refractivity contribution is 4.77. The lowest BCUT2D eigenvalue weighted by Gasteiger charge is -2.00. The topological polar surface area (TPSA) is 23.5 Å². The summed E-state index contributed by atoms with van der Waals surface area (Å²) in [5.41, 5.74) is 0. The summed E-state index contributed by atoms with van der Waals surface area (Å²) >= 11 is 0. The van der Waals surface area contributed by atoms with Gasteiger partial charge in [0.2, 0.25) is 0 Å². The van der Waals surface area contributed by atoms with E-state index in [1.807, 2.05) is 19.1 Å². The van der Waals surface area contributed by atoms with Crippen molar-refractivity contribution >= 4 is 0 Å². The Balaban J connectivity index is 2.97. The van der Waals surface area contributed by atoms with E-state index in [0.717, 1.165) is 5.06 Å². The summed E-state index contributed by atoms with van der Waals surface area (Å²) in [6.45, 7) is 2.53. The molecule has 0 spiro atoms. The fraction of sp³-hybridized carbons (Fsp3) is 0.600. The zero-order chi connectivity index (χ0) is 5.70. The molecule has 0 bridgehead atoms. The van der Waals surface area contributed by atoms with Crippen LogP contribution in [0, 0.1) is 0 Å². The lowest BCUT2D eigenvalue weighted by atomic mass is 10.5. The maximum atomic E-state index is 8.47. The van der Waals surface area contributed by atoms with Crippen molar-refractivity contribution in [2.75, 3.05) is 13.6 Å². The van der Waals surface area contributed by atoms with E-state index in [-0.39, 0.29) is 0 Å². The SMILES string of the molecule is CC=CCN(C)O. The summed E-state index contributed by atoms with van der Waals surface area (Å²) < 4.78 is 0. The Morgan fingerprint density at radius 1 is 1.71 bits per heavy atom. The molecule has 0 radical (unpaired) electrons. The van der Waals surface area contributed by atoms with E-state index in [2.05, 4.69) is 0 Å². The molecule has 2 nitrogen and oxygen atoms in total. The minimum Gasteiger partial charge on any atom is -0.314 e. The van der Waals surface area contributed by atoms with Crippen molar-refractivity contribution in [3.63, 3.8) is 0 Å². The standard InChI is InChI=1S/C5H11NO/c1-3-4-5-6(2)7/h3-4,7H,5H2,1-2H3. The van der Waals surface area contributed by atoms with Crippen molar-refractivity contribution < 1.29 is 5.21 Å². The molecule has 1 N–H and O–H groups in total. The predicted molar refractivity (Wildman–Crippen MR) is 29.2 cm³/mol. The van der Waals surface area contributed by atoms with Crippen LogP contribution in [0.1, 0.15) is 6.92 Å². The van der Waals surface area contributed by atoms with Crippen molar-refractivity contribution in [3.05, 3.63) is 12.2 Å². The molecule has 0 fully saturated rings. The summed E-state index contributed by atoms with van der Waals surface area (Å²) in [6, 6.07) is 0. The van der Waals surface area contributed by atoms with Crippen LogP contribution >= 0.6 is 0 Å². The van der Waals surface area contributed by atoms with Crippen LogP contribution in [0.2, 0.25) is 0 Å². The summed E-state index contributed by atoms with van der Waals surface area (Å²) in [7, 11) is 1.61. The van der Waals surface area contributed by atoms with E-state index in [1.165, 1.54) is 0 Å². The first-order valence-electron chi connectivity index (χ1n) is 2.28. The van der Waals surface area contributed by atoms with Gasteiger partial charge in [-0.3, -0.25) is 0 Å². The molecule has 0 saturated heterocycles. The van der Waals surface area contributed by atoms with Gasteiger partial charge in [-0.15, -0.1) is 0 Å². The predicted octanol–water partition coefficient (Wildman–Crippen LogP) is 0.883. The van der Waals surface area contributed by atoms with Gasteiger partial charge in [-0.25, -0.2) is 0 Å². The average Bonchev–Trinajstić information content (AvgIpc) is 1.61. The van der Waals surface area contributed by atoms with Crippen molar-refractivity contribution in [1.82, 2.24) is 5.06 Å². The molecule has 42 valence electrons. The summed E-state index contributed by atoms with van der Waals surface area (Å²) in [5, 5.41) is 9.59. The molecule has 0 amide bonds. The quantitative estimate of drug-likeness (QED) is 0.412. The highest BCUT2D eigenvalue weighted by Gasteiger charge is 1.79. The third kappa shape index (κ3) is 5.66. The summed E-state index contributed by atoms with van der Waals surface area (Å²) in [6.07, 6.45) is 3.77. The number of allylic oxidation sites excluding steroid dienone is 1. The van der Waals surface area contributed by atoms with Crippen LogP contribution in [0.25, 0.3) is 0 Å². The normalized spacial score (nSPS) is 11.4. The molecule has 0 saturated carbocycles. The Kier molecular flexibility index (Phi) is 3.65. The first-order chi connectivity index (χ1) is 3.27. The third-order valence-electron chi connectivity index (χ3n) is 0.605. The minimum absolute atomic E-state index is 0.608. The van der Waals surface area contributed by atoms with E-state index < -0.39 is 0 Å². The smallest absolute Gasteiger partial charge is 0.0415 e. The van der Waals surface area contributed by atoms with E-state index in [0.29, 0.717) is 6.54 Å². The van der Waals surface area contributed by atoms with Gasteiger partial charge in [0, 0.05) is 13.6 Å². The number of rotatable bonds is 2. The molecule has 0 aromatic carbocycles. The molecule has 0 aliphatic carbocycles. The van der Waals surface area contributed by atoms with Gasteiger partial charge in [0.25, 0.3) is 0 Å². The highest BCUT2D eigenvalue weighted by Crippen LogP contribution is 1.73. The van der Waals surface area contributed by atoms with Crippen molar-refractivity contribution in [3.8, 4) is 0 Å². The average molecular weight is 101 g/mol. The molecule has 0 heterocycles. The van der Waals surface area contributed by atoms with E-state index in [4.69, 9.17) is 5.21 Å². The van der Waals surface area contributed by atoms with Crippen LogP contribution < -0.4 is 0 Å². The number of hydrogen-bond acceptors (Lipinski definition) is 2. The minimum atomic E-state index is 0.608. The number of likely N-dealkylation sites (N-methyl/N-ethyl adjacent to an activating group) is 1. The second kappa shape index (κ2) is 3.84. The van der Waals surface area contributed by atoms with Gasteiger partial charge in [-0.1, -0.05) is 12.2 Å². The summed E-state index contributed by atoms with van der Waals surface area (Å²) in [4.78, 5) is 0. The number of nitrogens with zero attached hydrogens (tertiary/aromatic N) is 1. The van der Waals surface area contributed by atoms with Crippen molar-refractivity contribution in [2.24, 2.45) is 0 Å². The number of hydroxylamine groups is 2. The molecule has 2 heteroatoms. The van der Waals surface area contributed by atoms with Gasteiger partial charge < -0.3 is 5.21 Å². The van der Waals surface area contributed by atoms with Gasteiger partial charge in [0.15, 0.2) is 0 Å². The maximum absolute atomic E-state index is 8.47. The van der Waals surface area contributed by atoms with Crippen molar-refractivity contribution in [2.45, 2.75) is 6.92 Å². The Hall–Kier alpha value is -0.340. The monoisotopic (exact) mass is 101 g/mol. The van der Waals surface area contributed by atoms with Crippen LogP contribution in [-0.4, -0.2) is 23.9 Å². The zero-order valence-electron chi connectivity index (χ0n) is 4.76. The molecule has 0 aliphatic heterocycles. The van der Waals surface area contributed by atoms with E-state index in [1.54, 1.807) is 7.05 Å². The van der Waals surface area contributed by atoms with Crippen LogP contribution in [0.4, 0.5) is 0 Å². The Bertz CT molecular complexity index is 59.1. The van der Waals surface area contributed by atoms with Crippen LogP contribution in [0.5, 0.6) is 0 Å². The van der Waals surface area contributed by atoms with Gasteiger partial charge in [-0.2, -0.15) is 5.06 Å². The maximum Gasteiger partial charge on any atom is 0.0415 e. The molecule has 0 unspecified atom stereocenters. The summed E-state index contributed by atoms with van der Waals surface area (Å²) in [5.74, 6) is 0. The highest BCUT2D eigenvalue weighted by atomic mass is 16.5. The lowest BCUT2D eigenvalue weighted by molar-refractivity contribution is -0.0534. The molecule has 0 aromatic rings. The number of hydrogen-bond donors (Lipinski definition) is 1. The van der Waals surface area contributed by atoms with Gasteiger partial charge in [0.05, 0.1) is 0 Å². The second-order valence-corrected chi connectivity index (χ2v) is 1.41. The largest absolute Gasteiger partial charge is 0.314 e. The molecule has 0 atom stereocenters.